The summed E-state index contributed by atoms with van der Waals surface area (Å²) < 4.78 is 5.50. The van der Waals surface area contributed by atoms with Crippen molar-refractivity contribution in [2.75, 3.05) is 0 Å². The molecule has 0 aliphatic heterocycles. The van der Waals surface area contributed by atoms with Crippen molar-refractivity contribution in [2.45, 2.75) is 19.4 Å². The quantitative estimate of drug-likeness (QED) is 0.634. The van der Waals surface area contributed by atoms with E-state index in [1.807, 2.05) is 6.92 Å². The lowest BCUT2D eigenvalue weighted by Gasteiger charge is -2.15. The maximum Gasteiger partial charge on any atom is 0.139 e. The van der Waals surface area contributed by atoms with Crippen LogP contribution in [-0.2, 0) is 0 Å². The van der Waals surface area contributed by atoms with Crippen LogP contribution in [0.5, 0.6) is 5.75 Å². The number of rotatable bonds is 4. The summed E-state index contributed by atoms with van der Waals surface area (Å²) in [5.74, 6) is 0.596. The van der Waals surface area contributed by atoms with Gasteiger partial charge in [-0.3, -0.25) is 5.41 Å². The molecule has 3 N–H and O–H groups in total. The van der Waals surface area contributed by atoms with Gasteiger partial charge in [0.25, 0.3) is 0 Å². The van der Waals surface area contributed by atoms with Gasteiger partial charge < -0.3 is 10.5 Å². The zero-order valence-electron chi connectivity index (χ0n) is 8.26. The first kappa shape index (κ1) is 12.1. The number of benzene rings is 1. The van der Waals surface area contributed by atoms with Crippen LogP contribution in [0.4, 0.5) is 0 Å². The molecular weight excluding hydrogens is 235 g/mol. The predicted octanol–water partition coefficient (Wildman–Crippen LogP) is 3.09. The third-order valence-electron chi connectivity index (χ3n) is 1.75. The van der Waals surface area contributed by atoms with E-state index < -0.39 is 0 Å². The van der Waals surface area contributed by atoms with E-state index in [1.54, 1.807) is 18.2 Å². The molecule has 0 heterocycles. The second-order valence-electron chi connectivity index (χ2n) is 3.21. The molecule has 82 valence electrons. The van der Waals surface area contributed by atoms with Crippen molar-refractivity contribution in [3.63, 3.8) is 0 Å². The van der Waals surface area contributed by atoms with Crippen molar-refractivity contribution in [3.8, 4) is 5.75 Å². The Kier molecular flexibility index (Phi) is 4.24. The molecule has 0 saturated heterocycles. The van der Waals surface area contributed by atoms with Crippen LogP contribution in [0.2, 0.25) is 10.0 Å². The lowest BCUT2D eigenvalue weighted by molar-refractivity contribution is 0.229. The van der Waals surface area contributed by atoms with Crippen LogP contribution < -0.4 is 10.5 Å². The van der Waals surface area contributed by atoms with Gasteiger partial charge in [0.2, 0.25) is 0 Å². The van der Waals surface area contributed by atoms with Gasteiger partial charge in [-0.05, 0) is 19.1 Å². The molecule has 1 aromatic carbocycles. The number of hydrogen-bond donors (Lipinski definition) is 2. The van der Waals surface area contributed by atoms with Crippen LogP contribution in [-0.4, -0.2) is 11.9 Å². The normalized spacial score (nSPS) is 12.2. The van der Waals surface area contributed by atoms with Crippen LogP contribution in [0, 0.1) is 5.41 Å². The van der Waals surface area contributed by atoms with Gasteiger partial charge in [0, 0.05) is 6.42 Å². The van der Waals surface area contributed by atoms with E-state index in [-0.39, 0.29) is 11.9 Å². The van der Waals surface area contributed by atoms with Gasteiger partial charge in [-0.25, -0.2) is 0 Å². The van der Waals surface area contributed by atoms with E-state index in [4.69, 9.17) is 39.1 Å². The van der Waals surface area contributed by atoms with Gasteiger partial charge >= 0.3 is 0 Å². The number of hydrogen-bond acceptors (Lipinski definition) is 2. The summed E-state index contributed by atoms with van der Waals surface area (Å²) in [7, 11) is 0. The van der Waals surface area contributed by atoms with Crippen LogP contribution in [0.25, 0.3) is 0 Å². The van der Waals surface area contributed by atoms with E-state index >= 15 is 0 Å². The van der Waals surface area contributed by atoms with E-state index in [9.17, 15) is 0 Å². The molecule has 1 unspecified atom stereocenters. The molecule has 3 nitrogen and oxygen atoms in total. The van der Waals surface area contributed by atoms with Gasteiger partial charge in [0.15, 0.2) is 0 Å². The molecule has 0 saturated carbocycles. The third kappa shape index (κ3) is 3.61. The van der Waals surface area contributed by atoms with Crippen molar-refractivity contribution in [1.82, 2.24) is 0 Å². The van der Waals surface area contributed by atoms with E-state index in [2.05, 4.69) is 0 Å². The Morgan fingerprint density at radius 3 is 2.80 bits per heavy atom. The SMILES string of the molecule is CC(CC(=N)N)Oc1cccc(Cl)c1Cl. The topological polar surface area (TPSA) is 59.1 Å². The average Bonchev–Trinajstić information content (AvgIpc) is 2.11. The Morgan fingerprint density at radius 1 is 1.53 bits per heavy atom. The Balaban J connectivity index is 2.72. The molecular formula is C10H12Cl2N2O. The lowest BCUT2D eigenvalue weighted by Crippen LogP contribution is -2.21. The monoisotopic (exact) mass is 246 g/mol. The summed E-state index contributed by atoms with van der Waals surface area (Å²) in [5, 5.41) is 7.96. The minimum absolute atomic E-state index is 0.0839. The fourth-order valence-corrected chi connectivity index (χ4v) is 1.48. The van der Waals surface area contributed by atoms with Crippen LogP contribution in [0.1, 0.15) is 13.3 Å². The highest BCUT2D eigenvalue weighted by Gasteiger charge is 2.10. The summed E-state index contributed by atoms with van der Waals surface area (Å²) in [4.78, 5) is 0. The maximum atomic E-state index is 7.13. The summed E-state index contributed by atoms with van der Waals surface area (Å²) in [6, 6.07) is 5.17. The summed E-state index contributed by atoms with van der Waals surface area (Å²) in [5.41, 5.74) is 5.26. The highest BCUT2D eigenvalue weighted by atomic mass is 35.5. The molecule has 0 fully saturated rings. The Bertz CT molecular complexity index is 368. The molecule has 0 bridgehead atoms. The fourth-order valence-electron chi connectivity index (χ4n) is 1.14. The smallest absolute Gasteiger partial charge is 0.139 e. The molecule has 0 radical (unpaired) electrons. The van der Waals surface area contributed by atoms with Crippen molar-refractivity contribution < 1.29 is 4.74 Å². The minimum atomic E-state index is -0.196. The highest BCUT2D eigenvalue weighted by Crippen LogP contribution is 2.32. The zero-order valence-corrected chi connectivity index (χ0v) is 9.77. The van der Waals surface area contributed by atoms with Crippen molar-refractivity contribution >= 4 is 29.0 Å². The number of nitrogens with two attached hydrogens (primary N) is 1. The average molecular weight is 247 g/mol. The number of nitrogens with one attached hydrogen (secondary N) is 1. The van der Waals surface area contributed by atoms with Gasteiger partial charge in [-0.15, -0.1) is 0 Å². The number of amidine groups is 1. The Hall–Kier alpha value is -0.930. The van der Waals surface area contributed by atoms with Gasteiger partial charge in [-0.1, -0.05) is 29.3 Å². The second kappa shape index (κ2) is 5.24. The predicted molar refractivity (Wildman–Crippen MR) is 63.1 cm³/mol. The molecule has 0 aliphatic rings. The number of halogens is 2. The minimum Gasteiger partial charge on any atom is -0.489 e. The molecule has 1 atom stereocenters. The first-order chi connectivity index (χ1) is 7.00. The molecule has 0 aromatic heterocycles. The van der Waals surface area contributed by atoms with Gasteiger partial charge in [0.05, 0.1) is 10.9 Å². The molecule has 0 aliphatic carbocycles. The fraction of sp³-hybridized carbons (Fsp3) is 0.300. The van der Waals surface area contributed by atoms with Crippen molar-refractivity contribution in [2.24, 2.45) is 5.73 Å². The maximum absolute atomic E-state index is 7.13. The van der Waals surface area contributed by atoms with Crippen LogP contribution >= 0.6 is 23.2 Å². The Labute approximate surface area is 98.6 Å². The molecule has 0 amide bonds. The Morgan fingerprint density at radius 2 is 2.20 bits per heavy atom. The van der Waals surface area contributed by atoms with Crippen molar-refractivity contribution in [3.05, 3.63) is 28.2 Å². The van der Waals surface area contributed by atoms with Gasteiger partial charge in [-0.2, -0.15) is 0 Å². The second-order valence-corrected chi connectivity index (χ2v) is 3.99. The van der Waals surface area contributed by atoms with E-state index in [1.165, 1.54) is 0 Å². The largest absolute Gasteiger partial charge is 0.489 e. The molecule has 1 rings (SSSR count). The first-order valence-electron chi connectivity index (χ1n) is 4.44. The van der Waals surface area contributed by atoms with E-state index in [0.29, 0.717) is 22.2 Å². The standard InChI is InChI=1S/C10H12Cl2N2O/c1-6(5-9(13)14)15-8-4-2-3-7(11)10(8)12/h2-4,6H,5H2,1H3,(H3,13,14). The molecule has 15 heavy (non-hydrogen) atoms. The van der Waals surface area contributed by atoms with Crippen molar-refractivity contribution in [1.29, 1.82) is 5.41 Å². The molecule has 1 aromatic rings. The zero-order chi connectivity index (χ0) is 11.4. The van der Waals surface area contributed by atoms with Crippen LogP contribution in [0.15, 0.2) is 18.2 Å². The highest BCUT2D eigenvalue weighted by molar-refractivity contribution is 6.42. The first-order valence-corrected chi connectivity index (χ1v) is 5.20. The molecule has 0 spiro atoms. The van der Waals surface area contributed by atoms with Crippen LogP contribution in [0.3, 0.4) is 0 Å². The summed E-state index contributed by atoms with van der Waals surface area (Å²) >= 11 is 11.8. The summed E-state index contributed by atoms with van der Waals surface area (Å²) in [6.07, 6.45) is 0.168. The van der Waals surface area contributed by atoms with Gasteiger partial charge in [0.1, 0.15) is 16.9 Å². The van der Waals surface area contributed by atoms with E-state index in [0.717, 1.165) is 0 Å². The third-order valence-corrected chi connectivity index (χ3v) is 2.55. The summed E-state index contributed by atoms with van der Waals surface area (Å²) in [6.45, 7) is 1.82. The molecule has 5 heteroatoms. The lowest BCUT2D eigenvalue weighted by atomic mass is 10.2. The number of ether oxygens (including phenoxy) is 1.